The van der Waals surface area contributed by atoms with Crippen molar-refractivity contribution in [1.82, 2.24) is 25.3 Å². The fourth-order valence-corrected chi connectivity index (χ4v) is 3.28. The van der Waals surface area contributed by atoms with E-state index in [4.69, 9.17) is 0 Å². The van der Waals surface area contributed by atoms with Gasteiger partial charge in [0.25, 0.3) is 0 Å². The maximum Gasteiger partial charge on any atom is 0.222 e. The van der Waals surface area contributed by atoms with E-state index in [9.17, 15) is 4.79 Å². The van der Waals surface area contributed by atoms with Crippen LogP contribution in [0.15, 0.2) is 12.3 Å². The predicted octanol–water partition coefficient (Wildman–Crippen LogP) is 2.09. The molecular weight excluding hydrogens is 278 g/mol. The minimum Gasteiger partial charge on any atom is -0.342 e. The first-order valence-corrected chi connectivity index (χ1v) is 7.92. The molecule has 1 aliphatic heterocycles. The smallest absolute Gasteiger partial charge is 0.222 e. The largest absolute Gasteiger partial charge is 0.342 e. The summed E-state index contributed by atoms with van der Waals surface area (Å²) in [5.74, 6) is 0.627. The normalized spacial score (nSPS) is 18.6. The summed E-state index contributed by atoms with van der Waals surface area (Å²) in [6.07, 6.45) is 5.26. The Balaban J connectivity index is 1.58. The number of hydrogen-bond acceptors (Lipinski definition) is 3. The van der Waals surface area contributed by atoms with Crippen LogP contribution in [0.1, 0.15) is 47.8 Å². The summed E-state index contributed by atoms with van der Waals surface area (Å²) in [4.78, 5) is 14.5. The molecule has 1 saturated heterocycles. The predicted molar refractivity (Wildman–Crippen MR) is 83.5 cm³/mol. The van der Waals surface area contributed by atoms with Gasteiger partial charge in [0, 0.05) is 43.0 Å². The zero-order valence-electron chi connectivity index (χ0n) is 13.2. The Morgan fingerprint density at radius 3 is 2.95 bits per heavy atom. The number of nitrogens with zero attached hydrogens (tertiary/aromatic N) is 3. The molecule has 0 spiro atoms. The van der Waals surface area contributed by atoms with Crippen LogP contribution in [-0.2, 0) is 11.2 Å². The molecular formula is C16H23N5O. The van der Waals surface area contributed by atoms with Crippen molar-refractivity contribution in [2.24, 2.45) is 0 Å². The summed E-state index contributed by atoms with van der Waals surface area (Å²) in [6.45, 7) is 5.66. The van der Waals surface area contributed by atoms with Gasteiger partial charge >= 0.3 is 0 Å². The molecule has 1 fully saturated rings. The van der Waals surface area contributed by atoms with Crippen molar-refractivity contribution in [2.75, 3.05) is 13.1 Å². The molecule has 0 bridgehead atoms. The summed E-state index contributed by atoms with van der Waals surface area (Å²) in [5.41, 5.74) is 4.38. The van der Waals surface area contributed by atoms with Crippen LogP contribution >= 0.6 is 0 Å². The maximum absolute atomic E-state index is 12.5. The molecule has 1 aliphatic rings. The van der Waals surface area contributed by atoms with E-state index in [1.165, 1.54) is 5.56 Å². The Bertz CT molecular complexity index is 612. The highest BCUT2D eigenvalue weighted by Gasteiger charge is 2.25. The first-order chi connectivity index (χ1) is 10.6. The van der Waals surface area contributed by atoms with Gasteiger partial charge in [0.1, 0.15) is 0 Å². The zero-order valence-corrected chi connectivity index (χ0v) is 13.2. The van der Waals surface area contributed by atoms with E-state index in [0.717, 1.165) is 49.4 Å². The number of aromatic amines is 2. The second-order valence-corrected chi connectivity index (χ2v) is 6.10. The van der Waals surface area contributed by atoms with Crippen LogP contribution in [-0.4, -0.2) is 44.3 Å². The van der Waals surface area contributed by atoms with Gasteiger partial charge in [0.15, 0.2) is 0 Å². The number of amides is 1. The van der Waals surface area contributed by atoms with Crippen LogP contribution in [0.5, 0.6) is 0 Å². The van der Waals surface area contributed by atoms with Crippen LogP contribution in [0.3, 0.4) is 0 Å². The molecule has 0 aromatic carbocycles. The van der Waals surface area contributed by atoms with E-state index in [2.05, 4.69) is 20.4 Å². The lowest BCUT2D eigenvalue weighted by atomic mass is 9.94. The number of likely N-dealkylation sites (tertiary alicyclic amines) is 1. The standard InChI is InChI=1S/C16H23N5O/c1-11-14(12(2)19-18-11)5-6-16(22)21-9-3-4-13(10-21)15-7-8-17-20-15/h7-8,13H,3-6,9-10H2,1-2H3,(H,17,20)(H,18,19)/t13-/m0/s1. The molecule has 0 saturated carbocycles. The van der Waals surface area contributed by atoms with Gasteiger partial charge in [0.05, 0.1) is 5.69 Å². The van der Waals surface area contributed by atoms with Gasteiger partial charge in [-0.25, -0.2) is 0 Å². The van der Waals surface area contributed by atoms with Gasteiger partial charge in [-0.1, -0.05) is 0 Å². The number of piperidine rings is 1. The van der Waals surface area contributed by atoms with Gasteiger partial charge in [-0.05, 0) is 44.7 Å². The van der Waals surface area contributed by atoms with Crippen LogP contribution < -0.4 is 0 Å². The first kappa shape index (κ1) is 14.8. The highest BCUT2D eigenvalue weighted by Crippen LogP contribution is 2.25. The van der Waals surface area contributed by atoms with E-state index in [1.807, 2.05) is 24.8 Å². The highest BCUT2D eigenvalue weighted by molar-refractivity contribution is 5.76. The van der Waals surface area contributed by atoms with Crippen molar-refractivity contribution in [3.05, 3.63) is 34.9 Å². The zero-order chi connectivity index (χ0) is 15.5. The molecule has 3 rings (SSSR count). The maximum atomic E-state index is 12.5. The van der Waals surface area contributed by atoms with Crippen LogP contribution in [0.4, 0.5) is 0 Å². The quantitative estimate of drug-likeness (QED) is 0.907. The van der Waals surface area contributed by atoms with E-state index < -0.39 is 0 Å². The van der Waals surface area contributed by atoms with Gasteiger partial charge in [-0.2, -0.15) is 10.2 Å². The lowest BCUT2D eigenvalue weighted by molar-refractivity contribution is -0.132. The Labute approximate surface area is 130 Å². The Hall–Kier alpha value is -2.11. The van der Waals surface area contributed by atoms with Gasteiger partial charge < -0.3 is 4.90 Å². The third kappa shape index (κ3) is 3.05. The number of carbonyl (C=O) groups excluding carboxylic acids is 1. The molecule has 6 nitrogen and oxygen atoms in total. The minimum atomic E-state index is 0.240. The second kappa shape index (κ2) is 6.34. The van der Waals surface area contributed by atoms with E-state index >= 15 is 0 Å². The number of rotatable bonds is 4. The number of aryl methyl sites for hydroxylation is 2. The summed E-state index contributed by atoms with van der Waals surface area (Å²) in [5, 5.41) is 14.2. The number of nitrogens with one attached hydrogen (secondary N) is 2. The Morgan fingerprint density at radius 2 is 2.27 bits per heavy atom. The van der Waals surface area contributed by atoms with Gasteiger partial charge in [0.2, 0.25) is 5.91 Å². The molecule has 118 valence electrons. The van der Waals surface area contributed by atoms with Crippen LogP contribution in [0.2, 0.25) is 0 Å². The molecule has 0 unspecified atom stereocenters. The monoisotopic (exact) mass is 301 g/mol. The van der Waals surface area contributed by atoms with E-state index in [0.29, 0.717) is 12.3 Å². The van der Waals surface area contributed by atoms with E-state index in [-0.39, 0.29) is 5.91 Å². The molecule has 22 heavy (non-hydrogen) atoms. The van der Waals surface area contributed by atoms with E-state index in [1.54, 1.807) is 6.20 Å². The van der Waals surface area contributed by atoms with Crippen molar-refractivity contribution < 1.29 is 4.79 Å². The fraction of sp³-hybridized carbons (Fsp3) is 0.562. The van der Waals surface area contributed by atoms with Crippen molar-refractivity contribution in [3.63, 3.8) is 0 Å². The molecule has 3 heterocycles. The van der Waals surface area contributed by atoms with Crippen molar-refractivity contribution in [2.45, 2.75) is 45.4 Å². The number of hydrogen-bond donors (Lipinski definition) is 2. The molecule has 0 radical (unpaired) electrons. The Kier molecular flexibility index (Phi) is 4.27. The number of aromatic nitrogens is 4. The molecule has 1 amide bonds. The van der Waals surface area contributed by atoms with Crippen LogP contribution in [0, 0.1) is 13.8 Å². The first-order valence-electron chi connectivity index (χ1n) is 7.92. The second-order valence-electron chi connectivity index (χ2n) is 6.10. The molecule has 6 heteroatoms. The third-order valence-corrected chi connectivity index (χ3v) is 4.61. The van der Waals surface area contributed by atoms with Crippen molar-refractivity contribution in [1.29, 1.82) is 0 Å². The summed E-state index contributed by atoms with van der Waals surface area (Å²) in [6, 6.07) is 2.01. The number of carbonyl (C=O) groups is 1. The molecule has 0 aliphatic carbocycles. The molecule has 2 aromatic rings. The third-order valence-electron chi connectivity index (χ3n) is 4.61. The fourth-order valence-electron chi connectivity index (χ4n) is 3.28. The SMILES string of the molecule is Cc1n[nH]c(C)c1CCC(=O)N1CCC[C@H](c2ccn[nH]2)C1. The summed E-state index contributed by atoms with van der Waals surface area (Å²) < 4.78 is 0. The lowest BCUT2D eigenvalue weighted by Gasteiger charge is -2.32. The Morgan fingerprint density at radius 1 is 1.41 bits per heavy atom. The highest BCUT2D eigenvalue weighted by atomic mass is 16.2. The summed E-state index contributed by atoms with van der Waals surface area (Å²) in [7, 11) is 0. The molecule has 1 atom stereocenters. The molecule has 2 aromatic heterocycles. The van der Waals surface area contributed by atoms with Crippen LogP contribution in [0.25, 0.3) is 0 Å². The summed E-state index contributed by atoms with van der Waals surface area (Å²) >= 11 is 0. The minimum absolute atomic E-state index is 0.240. The average Bonchev–Trinajstić information content (AvgIpc) is 3.16. The average molecular weight is 301 g/mol. The van der Waals surface area contributed by atoms with Crippen molar-refractivity contribution in [3.8, 4) is 0 Å². The van der Waals surface area contributed by atoms with Gasteiger partial charge in [-0.3, -0.25) is 15.0 Å². The topological polar surface area (TPSA) is 77.7 Å². The molecule has 2 N–H and O–H groups in total. The van der Waals surface area contributed by atoms with Gasteiger partial charge in [-0.15, -0.1) is 0 Å². The lowest BCUT2D eigenvalue weighted by Crippen LogP contribution is -2.39. The number of H-pyrrole nitrogens is 2. The van der Waals surface area contributed by atoms with Crippen molar-refractivity contribution >= 4 is 5.91 Å².